The molecule has 2 aliphatic rings. The number of rotatable bonds is 5. The fraction of sp³-hybridized carbons (Fsp3) is 0.152. The lowest BCUT2D eigenvalue weighted by atomic mass is 9.84. The fourth-order valence-corrected chi connectivity index (χ4v) is 5.60. The van der Waals surface area contributed by atoms with E-state index in [1.54, 1.807) is 0 Å². The third-order valence-electron chi connectivity index (χ3n) is 7.58. The van der Waals surface area contributed by atoms with Gasteiger partial charge in [-0.2, -0.15) is 0 Å². The molecular formula is C33H29NO. The molecular weight excluding hydrogens is 426 g/mol. The van der Waals surface area contributed by atoms with E-state index < -0.39 is 0 Å². The van der Waals surface area contributed by atoms with Crippen molar-refractivity contribution in [1.29, 1.82) is 0 Å². The Balaban J connectivity index is 1.53. The van der Waals surface area contributed by atoms with Gasteiger partial charge in [-0.05, 0) is 78.8 Å². The average molecular weight is 456 g/mol. The number of benzene rings is 4. The standard InChI is InChI=1S/C33H29NO/c1-23-11-3-7-16-30(23)34(31-17-8-4-12-24(31)2)26-18-19-32(35)28(21-26)27-14-5-6-15-29(27)33-20-10-9-13-25(33)22-33/h3-21,25,35H,22H2,1-2H3. The summed E-state index contributed by atoms with van der Waals surface area (Å²) in [4.78, 5) is 2.30. The third kappa shape index (κ3) is 3.57. The van der Waals surface area contributed by atoms with Gasteiger partial charge >= 0.3 is 0 Å². The maximum Gasteiger partial charge on any atom is 0.123 e. The van der Waals surface area contributed by atoms with Crippen LogP contribution in [0.4, 0.5) is 17.1 Å². The Morgan fingerprint density at radius 1 is 0.743 bits per heavy atom. The SMILES string of the molecule is Cc1ccccc1N(c1ccc(O)c(-c2ccccc2C23C=CC=CC2C3)c1)c1ccccc1C. The highest BCUT2D eigenvalue weighted by Crippen LogP contribution is 2.60. The van der Waals surface area contributed by atoms with Crippen molar-refractivity contribution in [3.8, 4) is 16.9 Å². The molecule has 1 fully saturated rings. The first-order valence-electron chi connectivity index (χ1n) is 12.3. The summed E-state index contributed by atoms with van der Waals surface area (Å²) in [5.41, 5.74) is 8.99. The predicted molar refractivity (Wildman–Crippen MR) is 146 cm³/mol. The first kappa shape index (κ1) is 21.5. The van der Waals surface area contributed by atoms with Crippen LogP contribution in [0.15, 0.2) is 115 Å². The molecule has 1 N–H and O–H groups in total. The summed E-state index contributed by atoms with van der Waals surface area (Å²) in [6, 6.07) is 31.5. The molecule has 6 rings (SSSR count). The Hall–Kier alpha value is -4.04. The van der Waals surface area contributed by atoms with Crippen LogP contribution < -0.4 is 4.90 Å². The molecule has 2 atom stereocenters. The molecule has 2 unspecified atom stereocenters. The monoisotopic (exact) mass is 455 g/mol. The Labute approximate surface area is 207 Å². The van der Waals surface area contributed by atoms with Crippen LogP contribution in [0.5, 0.6) is 5.75 Å². The van der Waals surface area contributed by atoms with Crippen molar-refractivity contribution in [2.24, 2.45) is 5.92 Å². The summed E-state index contributed by atoms with van der Waals surface area (Å²) >= 11 is 0. The minimum atomic E-state index is 0.0412. The van der Waals surface area contributed by atoms with E-state index in [-0.39, 0.29) is 5.41 Å². The number of aromatic hydroxyl groups is 1. The lowest BCUT2D eigenvalue weighted by Gasteiger charge is -2.29. The number of para-hydroxylation sites is 2. The zero-order chi connectivity index (χ0) is 24.0. The van der Waals surface area contributed by atoms with Crippen molar-refractivity contribution < 1.29 is 5.11 Å². The molecule has 0 aliphatic heterocycles. The molecule has 1 saturated carbocycles. The summed E-state index contributed by atoms with van der Waals surface area (Å²) < 4.78 is 0. The van der Waals surface area contributed by atoms with Gasteiger partial charge in [0, 0.05) is 28.0 Å². The van der Waals surface area contributed by atoms with Crippen molar-refractivity contribution in [1.82, 2.24) is 0 Å². The summed E-state index contributed by atoms with van der Waals surface area (Å²) in [6.07, 6.45) is 10.1. The molecule has 2 heteroatoms. The van der Waals surface area contributed by atoms with E-state index in [9.17, 15) is 5.11 Å². The van der Waals surface area contributed by atoms with Crippen molar-refractivity contribution in [2.45, 2.75) is 25.7 Å². The number of anilines is 3. The molecule has 0 radical (unpaired) electrons. The fourth-order valence-electron chi connectivity index (χ4n) is 5.60. The first-order valence-corrected chi connectivity index (χ1v) is 12.3. The Morgan fingerprint density at radius 3 is 2.09 bits per heavy atom. The van der Waals surface area contributed by atoms with Crippen LogP contribution >= 0.6 is 0 Å². The summed E-state index contributed by atoms with van der Waals surface area (Å²) in [6.45, 7) is 4.29. The number of nitrogens with zero attached hydrogens (tertiary/aromatic N) is 1. The summed E-state index contributed by atoms with van der Waals surface area (Å²) in [5.74, 6) is 0.842. The second kappa shape index (κ2) is 8.32. The number of fused-ring (bicyclic) bond motifs is 1. The van der Waals surface area contributed by atoms with E-state index >= 15 is 0 Å². The summed E-state index contributed by atoms with van der Waals surface area (Å²) in [5, 5.41) is 11.1. The predicted octanol–water partition coefficient (Wildman–Crippen LogP) is 8.53. The number of hydrogen-bond donors (Lipinski definition) is 1. The summed E-state index contributed by atoms with van der Waals surface area (Å²) in [7, 11) is 0. The number of hydrogen-bond acceptors (Lipinski definition) is 2. The molecule has 172 valence electrons. The molecule has 35 heavy (non-hydrogen) atoms. The van der Waals surface area contributed by atoms with E-state index in [4.69, 9.17) is 0 Å². The first-order chi connectivity index (χ1) is 17.1. The quantitative estimate of drug-likeness (QED) is 0.326. The van der Waals surface area contributed by atoms with Crippen molar-refractivity contribution in [3.63, 3.8) is 0 Å². The zero-order valence-corrected chi connectivity index (χ0v) is 20.1. The van der Waals surface area contributed by atoms with E-state index in [2.05, 4.69) is 122 Å². The second-order valence-corrected chi connectivity index (χ2v) is 9.75. The third-order valence-corrected chi connectivity index (χ3v) is 7.58. The van der Waals surface area contributed by atoms with Gasteiger partial charge < -0.3 is 10.0 Å². The molecule has 0 bridgehead atoms. The normalized spacial score (nSPS) is 19.9. The van der Waals surface area contributed by atoms with Crippen LogP contribution in [0, 0.1) is 19.8 Å². The van der Waals surface area contributed by atoms with Crippen LogP contribution in [0.3, 0.4) is 0 Å². The van der Waals surface area contributed by atoms with Crippen molar-refractivity contribution in [2.75, 3.05) is 4.90 Å². The Bertz CT molecular complexity index is 1430. The van der Waals surface area contributed by atoms with Gasteiger partial charge in [0.25, 0.3) is 0 Å². The van der Waals surface area contributed by atoms with Gasteiger partial charge in [-0.1, -0.05) is 85.0 Å². The van der Waals surface area contributed by atoms with E-state index in [0.29, 0.717) is 11.7 Å². The van der Waals surface area contributed by atoms with Gasteiger partial charge in [0.05, 0.1) is 0 Å². The van der Waals surface area contributed by atoms with E-state index in [0.717, 1.165) is 34.6 Å². The number of phenolic OH excluding ortho intramolecular Hbond substituents is 1. The number of aryl methyl sites for hydroxylation is 2. The molecule has 4 aromatic rings. The Kier molecular flexibility index (Phi) is 5.11. The molecule has 0 saturated heterocycles. The topological polar surface area (TPSA) is 23.5 Å². The highest BCUT2D eigenvalue weighted by Gasteiger charge is 2.53. The molecule has 2 nitrogen and oxygen atoms in total. The van der Waals surface area contributed by atoms with Crippen molar-refractivity contribution in [3.05, 3.63) is 132 Å². The van der Waals surface area contributed by atoms with Crippen molar-refractivity contribution >= 4 is 17.1 Å². The minimum Gasteiger partial charge on any atom is -0.507 e. The number of phenols is 1. The highest BCUT2D eigenvalue weighted by molar-refractivity contribution is 5.85. The van der Waals surface area contributed by atoms with Crippen LogP contribution in [0.2, 0.25) is 0 Å². The highest BCUT2D eigenvalue weighted by atomic mass is 16.3. The lowest BCUT2D eigenvalue weighted by Crippen LogP contribution is -2.13. The smallest absolute Gasteiger partial charge is 0.123 e. The minimum absolute atomic E-state index is 0.0412. The van der Waals surface area contributed by atoms with Gasteiger partial charge in [-0.25, -0.2) is 0 Å². The maximum absolute atomic E-state index is 11.1. The molecule has 4 aromatic carbocycles. The van der Waals surface area contributed by atoms with Gasteiger partial charge in [-0.15, -0.1) is 0 Å². The molecule has 0 aromatic heterocycles. The van der Waals surface area contributed by atoms with Crippen LogP contribution in [0.1, 0.15) is 23.1 Å². The van der Waals surface area contributed by atoms with E-state index in [1.807, 2.05) is 12.1 Å². The molecule has 0 heterocycles. The van der Waals surface area contributed by atoms with Crippen LogP contribution in [-0.2, 0) is 5.41 Å². The molecule has 0 amide bonds. The second-order valence-electron chi connectivity index (χ2n) is 9.75. The van der Waals surface area contributed by atoms with Gasteiger partial charge in [0.2, 0.25) is 0 Å². The Morgan fingerprint density at radius 2 is 1.40 bits per heavy atom. The number of allylic oxidation sites excluding steroid dienone is 4. The van der Waals surface area contributed by atoms with Gasteiger partial charge in [-0.3, -0.25) is 0 Å². The molecule has 2 aliphatic carbocycles. The maximum atomic E-state index is 11.1. The zero-order valence-electron chi connectivity index (χ0n) is 20.1. The van der Waals surface area contributed by atoms with E-state index in [1.165, 1.54) is 16.7 Å². The van der Waals surface area contributed by atoms with Gasteiger partial charge in [0.1, 0.15) is 5.75 Å². The van der Waals surface area contributed by atoms with Gasteiger partial charge in [0.15, 0.2) is 0 Å². The lowest BCUT2D eigenvalue weighted by molar-refractivity contribution is 0.477. The van der Waals surface area contributed by atoms with Crippen LogP contribution in [-0.4, -0.2) is 5.11 Å². The molecule has 0 spiro atoms. The van der Waals surface area contributed by atoms with Crippen LogP contribution in [0.25, 0.3) is 11.1 Å². The largest absolute Gasteiger partial charge is 0.507 e. The average Bonchev–Trinajstić information content (AvgIpc) is 3.63.